The van der Waals surface area contributed by atoms with E-state index >= 15 is 0 Å². The number of anilines is 1. The van der Waals surface area contributed by atoms with Gasteiger partial charge in [-0.2, -0.15) is 0 Å². The van der Waals surface area contributed by atoms with Crippen LogP contribution in [0.5, 0.6) is 0 Å². The van der Waals surface area contributed by atoms with Gasteiger partial charge in [-0.1, -0.05) is 67.4 Å². The summed E-state index contributed by atoms with van der Waals surface area (Å²) < 4.78 is 0. The molecule has 2 aromatic rings. The Labute approximate surface area is 139 Å². The average Bonchev–Trinajstić information content (AvgIpc) is 2.95. The fourth-order valence-corrected chi connectivity index (χ4v) is 3.21. The Morgan fingerprint density at radius 2 is 1.78 bits per heavy atom. The lowest BCUT2D eigenvalue weighted by atomic mass is 10.1. The van der Waals surface area contributed by atoms with E-state index in [1.54, 1.807) is 0 Å². The highest BCUT2D eigenvalue weighted by Crippen LogP contribution is 2.37. The molecule has 23 heavy (non-hydrogen) atoms. The van der Waals surface area contributed by atoms with Crippen molar-refractivity contribution < 1.29 is 0 Å². The number of hydrogen-bond acceptors (Lipinski definition) is 2. The molecule has 0 bridgehead atoms. The Morgan fingerprint density at radius 3 is 2.39 bits per heavy atom. The summed E-state index contributed by atoms with van der Waals surface area (Å²) in [5, 5.41) is 0. The molecule has 2 nitrogen and oxygen atoms in total. The van der Waals surface area contributed by atoms with Crippen LogP contribution in [0, 0.1) is 6.92 Å². The topological polar surface area (TPSA) is 15.6 Å². The van der Waals surface area contributed by atoms with E-state index in [9.17, 15) is 0 Å². The number of hydrogen-bond donors (Lipinski definition) is 0. The van der Waals surface area contributed by atoms with E-state index < -0.39 is 0 Å². The molecule has 0 saturated carbocycles. The Hall–Kier alpha value is -2.35. The monoisotopic (exact) mass is 304 g/mol. The molecular weight excluding hydrogens is 280 g/mol. The Morgan fingerprint density at radius 1 is 1.09 bits per heavy atom. The second-order valence-electron chi connectivity index (χ2n) is 6.08. The van der Waals surface area contributed by atoms with E-state index in [0.29, 0.717) is 0 Å². The molecule has 3 rings (SSSR count). The molecule has 0 N–H and O–H groups in total. The lowest BCUT2D eigenvalue weighted by Gasteiger charge is -2.31. The summed E-state index contributed by atoms with van der Waals surface area (Å²) in [7, 11) is 0. The maximum atomic E-state index is 5.05. The highest BCUT2D eigenvalue weighted by atomic mass is 15.3. The van der Waals surface area contributed by atoms with E-state index in [4.69, 9.17) is 4.99 Å². The Balaban J connectivity index is 2.05. The molecule has 2 atom stereocenters. The maximum absolute atomic E-state index is 5.05. The van der Waals surface area contributed by atoms with Crippen molar-refractivity contribution in [3.05, 3.63) is 78.4 Å². The van der Waals surface area contributed by atoms with Gasteiger partial charge >= 0.3 is 0 Å². The third-order valence-corrected chi connectivity index (χ3v) is 4.35. The van der Waals surface area contributed by atoms with Crippen molar-refractivity contribution in [3.63, 3.8) is 0 Å². The minimum absolute atomic E-state index is 0.0310. The summed E-state index contributed by atoms with van der Waals surface area (Å²) in [6.07, 6.45) is 4.18. The molecular formula is C21H24N2. The molecule has 1 aliphatic rings. The van der Waals surface area contributed by atoms with E-state index in [2.05, 4.69) is 79.9 Å². The zero-order valence-corrected chi connectivity index (χ0v) is 13.9. The molecule has 1 heterocycles. The predicted octanol–water partition coefficient (Wildman–Crippen LogP) is 5.31. The normalized spacial score (nSPS) is 20.4. The quantitative estimate of drug-likeness (QED) is 0.683. The van der Waals surface area contributed by atoms with Crippen LogP contribution < -0.4 is 4.90 Å². The molecule has 118 valence electrons. The van der Waals surface area contributed by atoms with E-state index in [1.807, 2.05) is 6.08 Å². The van der Waals surface area contributed by atoms with Gasteiger partial charge in [0.15, 0.2) is 0 Å². The predicted molar refractivity (Wildman–Crippen MR) is 99.2 cm³/mol. The van der Waals surface area contributed by atoms with Gasteiger partial charge in [0, 0.05) is 11.4 Å². The van der Waals surface area contributed by atoms with E-state index in [1.165, 1.54) is 22.5 Å². The van der Waals surface area contributed by atoms with Crippen molar-refractivity contribution in [3.8, 4) is 0 Å². The Bertz CT molecular complexity index is 686. The highest BCUT2D eigenvalue weighted by molar-refractivity contribution is 5.96. The molecule has 1 aliphatic heterocycles. The molecule has 2 unspecified atom stereocenters. The maximum Gasteiger partial charge on any atom is 0.147 e. The minimum Gasteiger partial charge on any atom is -0.334 e. The largest absolute Gasteiger partial charge is 0.334 e. The zero-order valence-electron chi connectivity index (χ0n) is 13.9. The van der Waals surface area contributed by atoms with E-state index in [-0.39, 0.29) is 12.2 Å². The smallest absolute Gasteiger partial charge is 0.147 e. The van der Waals surface area contributed by atoms with Gasteiger partial charge in [-0.3, -0.25) is 4.99 Å². The molecule has 2 aromatic carbocycles. The van der Waals surface area contributed by atoms with Gasteiger partial charge in [0.1, 0.15) is 6.17 Å². The summed E-state index contributed by atoms with van der Waals surface area (Å²) in [5.41, 5.74) is 4.93. The summed E-state index contributed by atoms with van der Waals surface area (Å²) >= 11 is 0. The summed E-state index contributed by atoms with van der Waals surface area (Å²) in [5.74, 6) is 0. The van der Waals surface area contributed by atoms with Gasteiger partial charge in [0.25, 0.3) is 0 Å². The van der Waals surface area contributed by atoms with Gasteiger partial charge in [0.05, 0.1) is 6.04 Å². The number of nitrogens with zero attached hydrogens (tertiary/aromatic N) is 2. The van der Waals surface area contributed by atoms with Crippen molar-refractivity contribution in [2.75, 3.05) is 4.90 Å². The number of aliphatic imine (C=N–C) groups is 1. The zero-order chi connectivity index (χ0) is 16.2. The number of aryl methyl sites for hydroxylation is 1. The van der Waals surface area contributed by atoms with Crippen LogP contribution in [-0.2, 0) is 0 Å². The first kappa shape index (κ1) is 15.5. The van der Waals surface area contributed by atoms with Gasteiger partial charge in [-0.15, -0.1) is 6.58 Å². The third-order valence-electron chi connectivity index (χ3n) is 4.35. The first-order chi connectivity index (χ1) is 11.2. The van der Waals surface area contributed by atoms with Crippen molar-refractivity contribution in [2.24, 2.45) is 4.99 Å². The third kappa shape index (κ3) is 3.07. The highest BCUT2D eigenvalue weighted by Gasteiger charge is 2.34. The molecule has 0 fully saturated rings. The average molecular weight is 304 g/mol. The van der Waals surface area contributed by atoms with Crippen LogP contribution in [0.3, 0.4) is 0 Å². The second-order valence-corrected chi connectivity index (χ2v) is 6.08. The van der Waals surface area contributed by atoms with Gasteiger partial charge in [-0.05, 0) is 31.0 Å². The summed E-state index contributed by atoms with van der Waals surface area (Å²) in [4.78, 5) is 7.43. The van der Waals surface area contributed by atoms with Crippen LogP contribution in [0.2, 0.25) is 0 Å². The lowest BCUT2D eigenvalue weighted by molar-refractivity contribution is 0.696. The second kappa shape index (κ2) is 6.82. The van der Waals surface area contributed by atoms with Crippen molar-refractivity contribution in [2.45, 2.75) is 38.9 Å². The first-order valence-electron chi connectivity index (χ1n) is 8.33. The van der Waals surface area contributed by atoms with Gasteiger partial charge in [0.2, 0.25) is 0 Å². The van der Waals surface area contributed by atoms with Crippen LogP contribution in [0.15, 0.2) is 72.2 Å². The van der Waals surface area contributed by atoms with Crippen molar-refractivity contribution in [1.29, 1.82) is 0 Å². The summed E-state index contributed by atoms with van der Waals surface area (Å²) in [6, 6.07) is 19.4. The van der Waals surface area contributed by atoms with Crippen LogP contribution >= 0.6 is 0 Å². The molecule has 0 amide bonds. The molecule has 2 heteroatoms. The van der Waals surface area contributed by atoms with Crippen LogP contribution in [-0.4, -0.2) is 11.8 Å². The molecule has 0 spiro atoms. The number of benzene rings is 2. The lowest BCUT2D eigenvalue weighted by Crippen LogP contribution is -2.35. The van der Waals surface area contributed by atoms with Gasteiger partial charge < -0.3 is 4.90 Å². The van der Waals surface area contributed by atoms with E-state index in [0.717, 1.165) is 12.8 Å². The van der Waals surface area contributed by atoms with Crippen molar-refractivity contribution >= 4 is 11.4 Å². The first-order valence-corrected chi connectivity index (χ1v) is 8.33. The number of rotatable bonds is 5. The molecule has 0 radical (unpaired) electrons. The van der Waals surface area contributed by atoms with Gasteiger partial charge in [-0.25, -0.2) is 0 Å². The molecule has 0 saturated heterocycles. The molecule has 0 aliphatic carbocycles. The molecule has 0 aromatic heterocycles. The summed E-state index contributed by atoms with van der Waals surface area (Å²) in [6.45, 7) is 8.39. The van der Waals surface area contributed by atoms with Crippen LogP contribution in [0.25, 0.3) is 0 Å². The Kier molecular flexibility index (Phi) is 4.61. The standard InChI is InChI=1S/C21H24N2/c1-4-9-19-20(5-2)23(18-14-12-16(3)13-15-18)21(22-19)17-10-7-6-8-11-17/h5-8,10-15,20-21H,2,4,9H2,1,3H3. The fourth-order valence-electron chi connectivity index (χ4n) is 3.21. The van der Waals surface area contributed by atoms with Crippen molar-refractivity contribution in [1.82, 2.24) is 0 Å². The SMILES string of the molecule is C=CC1C(CCC)=NC(c2ccccc2)N1c1ccc(C)cc1. The van der Waals surface area contributed by atoms with Crippen LogP contribution in [0.4, 0.5) is 5.69 Å². The fraction of sp³-hybridized carbons (Fsp3) is 0.286. The van der Waals surface area contributed by atoms with Crippen LogP contribution in [0.1, 0.15) is 37.1 Å². The minimum atomic E-state index is 0.0310.